The summed E-state index contributed by atoms with van der Waals surface area (Å²) in [5, 5.41) is 9.12. The molecule has 0 aliphatic carbocycles. The molecule has 1 amide bonds. The van der Waals surface area contributed by atoms with Crippen LogP contribution in [0, 0.1) is 23.7 Å². The maximum Gasteiger partial charge on any atom is 0.415 e. The molecular formula is C17H21N3O2. The molecule has 0 bridgehead atoms. The second kappa shape index (κ2) is 6.49. The van der Waals surface area contributed by atoms with E-state index in [1.165, 1.54) is 11.1 Å². The van der Waals surface area contributed by atoms with Crippen LogP contribution >= 0.6 is 0 Å². The third-order valence-electron chi connectivity index (χ3n) is 2.84. The number of hydrogen-bond donors (Lipinski definition) is 0. The Kier molecular flexibility index (Phi) is 5.17. The fraction of sp³-hybridized carbons (Fsp3) is 0.471. The van der Waals surface area contributed by atoms with E-state index in [0.29, 0.717) is 11.4 Å². The van der Waals surface area contributed by atoms with Gasteiger partial charge in [0.05, 0.1) is 35.6 Å². The molecule has 0 fully saturated rings. The molecule has 0 aliphatic rings. The average molecular weight is 299 g/mol. The molecule has 0 saturated heterocycles. The van der Waals surface area contributed by atoms with E-state index >= 15 is 0 Å². The molecule has 0 saturated carbocycles. The van der Waals surface area contributed by atoms with Crippen LogP contribution in [-0.4, -0.2) is 23.2 Å². The van der Waals surface area contributed by atoms with Crippen LogP contribution in [0.2, 0.25) is 0 Å². The highest BCUT2D eigenvalue weighted by Gasteiger charge is 2.25. The van der Waals surface area contributed by atoms with Gasteiger partial charge in [0.25, 0.3) is 0 Å². The molecule has 0 N–H and O–H groups in total. The summed E-state index contributed by atoms with van der Waals surface area (Å²) in [6.45, 7) is 9.00. The lowest BCUT2D eigenvalue weighted by Crippen LogP contribution is -2.37. The number of carbonyl (C=O) groups excluding carboxylic acids is 1. The summed E-state index contributed by atoms with van der Waals surface area (Å²) in [5.41, 5.74) is -0.144. The monoisotopic (exact) mass is 299 g/mol. The van der Waals surface area contributed by atoms with Gasteiger partial charge in [0.2, 0.25) is 0 Å². The first-order valence-electron chi connectivity index (χ1n) is 6.92. The Hall–Kier alpha value is -2.53. The van der Waals surface area contributed by atoms with Crippen LogP contribution in [0.15, 0.2) is 18.3 Å². The van der Waals surface area contributed by atoms with E-state index in [1.807, 2.05) is 0 Å². The molecule has 5 heteroatoms. The molecular weight excluding hydrogens is 278 g/mol. The fourth-order valence-corrected chi connectivity index (χ4v) is 1.64. The molecule has 0 unspecified atom stereocenters. The first-order valence-corrected chi connectivity index (χ1v) is 6.92. The Morgan fingerprint density at radius 1 is 1.36 bits per heavy atom. The van der Waals surface area contributed by atoms with Crippen LogP contribution in [0.3, 0.4) is 0 Å². The Morgan fingerprint density at radius 3 is 2.41 bits per heavy atom. The zero-order valence-electron chi connectivity index (χ0n) is 13.7. The number of carbonyl (C=O) groups is 1. The first kappa shape index (κ1) is 17.5. The highest BCUT2D eigenvalue weighted by molar-refractivity contribution is 5.88. The molecule has 1 rings (SSSR count). The number of anilines is 1. The summed E-state index contributed by atoms with van der Waals surface area (Å²) >= 11 is 0. The Bertz CT molecular complexity index is 613. The molecule has 0 radical (unpaired) electrons. The van der Waals surface area contributed by atoms with Gasteiger partial charge in [-0.1, -0.05) is 5.92 Å². The Morgan fingerprint density at radius 2 is 2.00 bits per heavy atom. The lowest BCUT2D eigenvalue weighted by molar-refractivity contribution is 0.0585. The van der Waals surface area contributed by atoms with Crippen molar-refractivity contribution in [2.75, 3.05) is 11.4 Å². The SMILES string of the molecule is C#CCN(C(=O)OC(C)(C)C)c1ccc(C(C)(C)C#N)nc1. The van der Waals surface area contributed by atoms with E-state index in [4.69, 9.17) is 16.4 Å². The molecule has 1 aromatic rings. The third kappa shape index (κ3) is 4.49. The summed E-state index contributed by atoms with van der Waals surface area (Å²) in [4.78, 5) is 17.8. The van der Waals surface area contributed by atoms with Crippen molar-refractivity contribution < 1.29 is 9.53 Å². The quantitative estimate of drug-likeness (QED) is 0.803. The second-order valence-electron chi connectivity index (χ2n) is 6.41. The summed E-state index contributed by atoms with van der Waals surface area (Å²) < 4.78 is 5.34. The minimum Gasteiger partial charge on any atom is -0.443 e. The zero-order valence-corrected chi connectivity index (χ0v) is 13.7. The van der Waals surface area contributed by atoms with Crippen molar-refractivity contribution in [3.05, 3.63) is 24.0 Å². The predicted octanol–water partition coefficient (Wildman–Crippen LogP) is 3.26. The summed E-state index contributed by atoms with van der Waals surface area (Å²) in [6, 6.07) is 5.61. The molecule has 22 heavy (non-hydrogen) atoms. The molecule has 1 aromatic heterocycles. The number of hydrogen-bond acceptors (Lipinski definition) is 4. The Balaban J connectivity index is 3.06. The number of terminal acetylenes is 1. The van der Waals surface area contributed by atoms with Crippen molar-refractivity contribution >= 4 is 11.8 Å². The van der Waals surface area contributed by atoms with Gasteiger partial charge in [0.15, 0.2) is 0 Å². The van der Waals surface area contributed by atoms with Crippen LogP contribution in [0.4, 0.5) is 10.5 Å². The molecule has 0 aliphatic heterocycles. The Labute approximate surface area is 131 Å². The smallest absolute Gasteiger partial charge is 0.415 e. The second-order valence-corrected chi connectivity index (χ2v) is 6.41. The minimum absolute atomic E-state index is 0.0809. The minimum atomic E-state index is -0.693. The van der Waals surface area contributed by atoms with Gasteiger partial charge in [0, 0.05) is 0 Å². The standard InChI is InChI=1S/C17H21N3O2/c1-7-10-20(15(21)22-16(2,3)4)13-8-9-14(19-11-13)17(5,6)12-18/h1,8-9,11H,10H2,2-6H3. The average Bonchev–Trinajstić information content (AvgIpc) is 2.43. The van der Waals surface area contributed by atoms with Crippen LogP contribution in [0.1, 0.15) is 40.3 Å². The van der Waals surface area contributed by atoms with Crippen molar-refractivity contribution in [2.24, 2.45) is 0 Å². The summed E-state index contributed by atoms with van der Waals surface area (Å²) in [7, 11) is 0. The first-order chi connectivity index (χ1) is 10.1. The van der Waals surface area contributed by atoms with Gasteiger partial charge in [-0.3, -0.25) is 9.88 Å². The van der Waals surface area contributed by atoms with Crippen molar-refractivity contribution in [3.8, 4) is 18.4 Å². The number of nitriles is 1. The predicted molar refractivity (Wildman–Crippen MR) is 85.3 cm³/mol. The summed E-state index contributed by atoms with van der Waals surface area (Å²) in [5.74, 6) is 2.43. The molecule has 0 atom stereocenters. The van der Waals surface area contributed by atoms with E-state index < -0.39 is 17.1 Å². The van der Waals surface area contributed by atoms with Crippen molar-refractivity contribution in [2.45, 2.75) is 45.6 Å². The van der Waals surface area contributed by atoms with Gasteiger partial charge < -0.3 is 4.74 Å². The lowest BCUT2D eigenvalue weighted by atomic mass is 9.91. The van der Waals surface area contributed by atoms with Crippen molar-refractivity contribution in [1.82, 2.24) is 4.98 Å². The highest BCUT2D eigenvalue weighted by Crippen LogP contribution is 2.23. The molecule has 0 aromatic carbocycles. The number of nitrogens with zero attached hydrogens (tertiary/aromatic N) is 3. The largest absolute Gasteiger partial charge is 0.443 e. The molecule has 0 spiro atoms. The summed E-state index contributed by atoms with van der Waals surface area (Å²) in [6.07, 6.45) is 6.32. The maximum absolute atomic E-state index is 12.2. The number of aromatic nitrogens is 1. The van der Waals surface area contributed by atoms with E-state index in [1.54, 1.807) is 46.8 Å². The normalized spacial score (nSPS) is 11.2. The van der Waals surface area contributed by atoms with Crippen LogP contribution in [-0.2, 0) is 10.2 Å². The van der Waals surface area contributed by atoms with Gasteiger partial charge in [-0.2, -0.15) is 5.26 Å². The number of pyridine rings is 1. The zero-order chi connectivity index (χ0) is 17.0. The van der Waals surface area contributed by atoms with Crippen LogP contribution in [0.5, 0.6) is 0 Å². The van der Waals surface area contributed by atoms with E-state index in [9.17, 15) is 4.79 Å². The molecule has 116 valence electrons. The van der Waals surface area contributed by atoms with Crippen molar-refractivity contribution in [1.29, 1.82) is 5.26 Å². The molecule has 5 nitrogen and oxygen atoms in total. The van der Waals surface area contributed by atoms with Gasteiger partial charge in [-0.05, 0) is 46.8 Å². The third-order valence-corrected chi connectivity index (χ3v) is 2.84. The maximum atomic E-state index is 12.2. The number of ether oxygens (including phenoxy) is 1. The van der Waals surface area contributed by atoms with Crippen LogP contribution < -0.4 is 4.90 Å². The molecule has 1 heterocycles. The van der Waals surface area contributed by atoms with Gasteiger partial charge >= 0.3 is 6.09 Å². The van der Waals surface area contributed by atoms with E-state index in [2.05, 4.69) is 17.0 Å². The topological polar surface area (TPSA) is 66.2 Å². The number of amides is 1. The van der Waals surface area contributed by atoms with Crippen LogP contribution in [0.25, 0.3) is 0 Å². The lowest BCUT2D eigenvalue weighted by Gasteiger charge is -2.26. The van der Waals surface area contributed by atoms with Gasteiger partial charge in [-0.15, -0.1) is 6.42 Å². The van der Waals surface area contributed by atoms with E-state index in [0.717, 1.165) is 0 Å². The van der Waals surface area contributed by atoms with Gasteiger partial charge in [0.1, 0.15) is 5.60 Å². The highest BCUT2D eigenvalue weighted by atomic mass is 16.6. The van der Waals surface area contributed by atoms with Crippen molar-refractivity contribution in [3.63, 3.8) is 0 Å². The van der Waals surface area contributed by atoms with Gasteiger partial charge in [-0.25, -0.2) is 4.79 Å². The fourth-order valence-electron chi connectivity index (χ4n) is 1.64. The van der Waals surface area contributed by atoms with E-state index in [-0.39, 0.29) is 6.54 Å². The number of rotatable bonds is 3.